The Kier molecular flexibility index (Phi) is 4.49. The number of rotatable bonds is 4. The number of carbonyl (C=O) groups is 1. The van der Waals surface area contributed by atoms with Gasteiger partial charge < -0.3 is 14.9 Å². The highest BCUT2D eigenvalue weighted by molar-refractivity contribution is 6.06. The molecule has 5 nitrogen and oxygen atoms in total. The van der Waals surface area contributed by atoms with Gasteiger partial charge in [-0.25, -0.2) is 0 Å². The highest BCUT2D eigenvalue weighted by Gasteiger charge is 2.23. The van der Waals surface area contributed by atoms with Gasteiger partial charge in [-0.1, -0.05) is 6.07 Å². The van der Waals surface area contributed by atoms with Crippen LogP contribution in [0.2, 0.25) is 0 Å². The van der Waals surface area contributed by atoms with Crippen molar-refractivity contribution in [3.8, 4) is 0 Å². The number of hydrogen-bond donors (Lipinski definition) is 2. The Bertz CT molecular complexity index is 982. The van der Waals surface area contributed by atoms with Crippen molar-refractivity contribution in [2.45, 2.75) is 40.3 Å². The number of benzene rings is 1. The average molecular weight is 337 g/mol. The molecule has 0 spiro atoms. The van der Waals surface area contributed by atoms with Crippen LogP contribution in [0.3, 0.4) is 0 Å². The number of aromatic nitrogens is 2. The van der Waals surface area contributed by atoms with E-state index in [0.29, 0.717) is 17.7 Å². The maximum Gasteiger partial charge on any atom is 0.255 e. The second kappa shape index (κ2) is 6.59. The maximum absolute atomic E-state index is 13.2. The topological polar surface area (TPSA) is 69.0 Å². The summed E-state index contributed by atoms with van der Waals surface area (Å²) >= 11 is 0. The van der Waals surface area contributed by atoms with Crippen molar-refractivity contribution in [2.24, 2.45) is 0 Å². The zero-order valence-corrected chi connectivity index (χ0v) is 15.0. The molecule has 25 heavy (non-hydrogen) atoms. The number of fused-ring (bicyclic) bond motifs is 1. The van der Waals surface area contributed by atoms with Crippen molar-refractivity contribution >= 4 is 16.8 Å². The highest BCUT2D eigenvalue weighted by Crippen LogP contribution is 2.21. The summed E-state index contributed by atoms with van der Waals surface area (Å²) in [5, 5.41) is 0.896. The molecule has 3 aromatic rings. The van der Waals surface area contributed by atoms with Crippen molar-refractivity contribution in [3.05, 3.63) is 69.3 Å². The molecule has 130 valence electrons. The average Bonchev–Trinajstić information content (AvgIpc) is 3.01. The van der Waals surface area contributed by atoms with Gasteiger partial charge in [0.05, 0.1) is 6.54 Å². The summed E-state index contributed by atoms with van der Waals surface area (Å²) in [6.45, 7) is 7.99. The Balaban J connectivity index is 2.01. The lowest BCUT2D eigenvalue weighted by Crippen LogP contribution is -2.38. The Morgan fingerprint density at radius 3 is 2.64 bits per heavy atom. The largest absolute Gasteiger partial charge is 0.361 e. The van der Waals surface area contributed by atoms with E-state index in [1.54, 1.807) is 4.90 Å². The fourth-order valence-electron chi connectivity index (χ4n) is 3.16. The molecule has 0 radical (unpaired) electrons. The number of aromatic amines is 2. The molecule has 0 saturated heterocycles. The van der Waals surface area contributed by atoms with Crippen LogP contribution in [0.5, 0.6) is 0 Å². The molecule has 2 heterocycles. The zero-order valence-electron chi connectivity index (χ0n) is 15.0. The lowest BCUT2D eigenvalue weighted by atomic mass is 10.1. The quantitative estimate of drug-likeness (QED) is 0.765. The van der Waals surface area contributed by atoms with Crippen LogP contribution in [-0.2, 0) is 6.54 Å². The summed E-state index contributed by atoms with van der Waals surface area (Å²) in [5.74, 6) is -0.0698. The molecule has 0 unspecified atom stereocenters. The number of hydrogen-bond acceptors (Lipinski definition) is 2. The fraction of sp³-hybridized carbons (Fsp3) is 0.300. The standard InChI is InChI=1S/C20H23N3O2/c1-12(2)23(11-17-13(3)10-14(4)22-19(17)24)20(25)16-6-5-7-18-15(16)8-9-21-18/h5-10,12,21H,11H2,1-4H3,(H,22,24). The molecule has 0 aliphatic carbocycles. The maximum atomic E-state index is 13.2. The fourth-order valence-corrected chi connectivity index (χ4v) is 3.16. The van der Waals surface area contributed by atoms with Gasteiger partial charge >= 0.3 is 0 Å². The Morgan fingerprint density at radius 2 is 1.96 bits per heavy atom. The molecule has 0 bridgehead atoms. The molecule has 1 aromatic carbocycles. The lowest BCUT2D eigenvalue weighted by Gasteiger charge is -2.27. The predicted octanol–water partition coefficient (Wildman–Crippen LogP) is 3.52. The minimum atomic E-state index is -0.129. The Hall–Kier alpha value is -2.82. The van der Waals surface area contributed by atoms with E-state index < -0.39 is 0 Å². The van der Waals surface area contributed by atoms with Crippen LogP contribution >= 0.6 is 0 Å². The lowest BCUT2D eigenvalue weighted by molar-refractivity contribution is 0.0691. The SMILES string of the molecule is Cc1cc(C)c(CN(C(=O)c2cccc3[nH]ccc23)C(C)C)c(=O)[nH]1. The van der Waals surface area contributed by atoms with Crippen molar-refractivity contribution < 1.29 is 4.79 Å². The van der Waals surface area contributed by atoms with Crippen LogP contribution in [-0.4, -0.2) is 26.8 Å². The van der Waals surface area contributed by atoms with Crippen LogP contribution in [0.4, 0.5) is 0 Å². The third-order valence-electron chi connectivity index (χ3n) is 4.53. The Morgan fingerprint density at radius 1 is 1.20 bits per heavy atom. The van der Waals surface area contributed by atoms with Gasteiger partial charge in [0.25, 0.3) is 11.5 Å². The van der Waals surface area contributed by atoms with E-state index in [-0.39, 0.29) is 17.5 Å². The smallest absolute Gasteiger partial charge is 0.255 e. The summed E-state index contributed by atoms with van der Waals surface area (Å²) in [4.78, 5) is 33.2. The van der Waals surface area contributed by atoms with Crippen LogP contribution in [0.25, 0.3) is 10.9 Å². The number of aryl methyl sites for hydroxylation is 2. The minimum Gasteiger partial charge on any atom is -0.361 e. The molecule has 3 rings (SSSR count). The number of nitrogens with one attached hydrogen (secondary N) is 2. The second-order valence-electron chi connectivity index (χ2n) is 6.71. The third-order valence-corrected chi connectivity index (χ3v) is 4.53. The van der Waals surface area contributed by atoms with Gasteiger partial charge in [-0.2, -0.15) is 0 Å². The summed E-state index contributed by atoms with van der Waals surface area (Å²) in [6.07, 6.45) is 1.83. The number of nitrogens with zero attached hydrogens (tertiary/aromatic N) is 1. The summed E-state index contributed by atoms with van der Waals surface area (Å²) in [6, 6.07) is 9.47. The number of H-pyrrole nitrogens is 2. The van der Waals surface area contributed by atoms with Gasteiger partial charge in [0.1, 0.15) is 0 Å². The van der Waals surface area contributed by atoms with Gasteiger partial charge in [0, 0.05) is 40.0 Å². The zero-order chi connectivity index (χ0) is 18.1. The summed E-state index contributed by atoms with van der Waals surface area (Å²) in [7, 11) is 0. The first kappa shape index (κ1) is 17.0. The molecular formula is C20H23N3O2. The molecule has 0 saturated carbocycles. The van der Waals surface area contributed by atoms with E-state index in [4.69, 9.17) is 0 Å². The minimum absolute atomic E-state index is 0.0261. The summed E-state index contributed by atoms with van der Waals surface area (Å²) in [5.41, 5.74) is 3.81. The second-order valence-corrected chi connectivity index (χ2v) is 6.71. The van der Waals surface area contributed by atoms with E-state index >= 15 is 0 Å². The van der Waals surface area contributed by atoms with Crippen LogP contribution in [0.1, 0.15) is 41.0 Å². The molecule has 5 heteroatoms. The first-order valence-corrected chi connectivity index (χ1v) is 8.45. The van der Waals surface area contributed by atoms with Crippen LogP contribution < -0.4 is 5.56 Å². The number of carbonyl (C=O) groups excluding carboxylic acids is 1. The van der Waals surface area contributed by atoms with Gasteiger partial charge in [-0.15, -0.1) is 0 Å². The van der Waals surface area contributed by atoms with Gasteiger partial charge in [-0.05, 0) is 57.5 Å². The molecule has 2 aromatic heterocycles. The van der Waals surface area contributed by atoms with Crippen molar-refractivity contribution in [1.29, 1.82) is 0 Å². The van der Waals surface area contributed by atoms with Crippen LogP contribution in [0, 0.1) is 13.8 Å². The van der Waals surface area contributed by atoms with Crippen molar-refractivity contribution in [1.82, 2.24) is 14.9 Å². The Labute approximate surface area is 146 Å². The molecule has 0 fully saturated rings. The summed E-state index contributed by atoms with van der Waals surface area (Å²) < 4.78 is 0. The van der Waals surface area contributed by atoms with Crippen molar-refractivity contribution in [3.63, 3.8) is 0 Å². The molecule has 0 aliphatic rings. The third kappa shape index (κ3) is 3.22. The normalized spacial score (nSPS) is 11.2. The molecule has 0 aliphatic heterocycles. The number of pyridine rings is 1. The highest BCUT2D eigenvalue weighted by atomic mass is 16.2. The first-order chi connectivity index (χ1) is 11.9. The van der Waals surface area contributed by atoms with E-state index in [1.807, 2.05) is 64.2 Å². The molecule has 0 atom stereocenters. The first-order valence-electron chi connectivity index (χ1n) is 8.45. The molecule has 1 amide bonds. The van der Waals surface area contributed by atoms with E-state index in [0.717, 1.165) is 22.2 Å². The molecule has 2 N–H and O–H groups in total. The van der Waals surface area contributed by atoms with Crippen LogP contribution in [0.15, 0.2) is 41.3 Å². The van der Waals surface area contributed by atoms with Gasteiger partial charge in [0.15, 0.2) is 0 Å². The van der Waals surface area contributed by atoms with Crippen molar-refractivity contribution in [2.75, 3.05) is 0 Å². The molecular weight excluding hydrogens is 314 g/mol. The number of amides is 1. The van der Waals surface area contributed by atoms with E-state index in [1.165, 1.54) is 0 Å². The van der Waals surface area contributed by atoms with Gasteiger partial charge in [-0.3, -0.25) is 9.59 Å². The van der Waals surface area contributed by atoms with Gasteiger partial charge in [0.2, 0.25) is 0 Å². The van der Waals surface area contributed by atoms with E-state index in [2.05, 4.69) is 9.97 Å². The predicted molar refractivity (Wildman–Crippen MR) is 99.8 cm³/mol. The van der Waals surface area contributed by atoms with E-state index in [9.17, 15) is 9.59 Å². The monoisotopic (exact) mass is 337 g/mol.